The number of aliphatic hydroxyl groups excluding tert-OH is 1. The molecule has 116 valence electrons. The third-order valence-corrected chi connectivity index (χ3v) is 2.53. The molecule has 0 unspecified atom stereocenters. The van der Waals surface area contributed by atoms with Crippen molar-refractivity contribution in [2.24, 2.45) is 5.73 Å². The van der Waals surface area contributed by atoms with Crippen LogP contribution in [0.25, 0.3) is 0 Å². The first-order valence-electron chi connectivity index (χ1n) is 4.81. The zero-order chi connectivity index (χ0) is 15.0. The zero-order valence-electron chi connectivity index (χ0n) is 9.47. The van der Waals surface area contributed by atoms with Gasteiger partial charge in [0, 0.05) is 5.02 Å². The van der Waals surface area contributed by atoms with Crippen molar-refractivity contribution >= 4 is 24.0 Å². The number of nitrogens with two attached hydrogens (primary N) is 1. The van der Waals surface area contributed by atoms with Crippen LogP contribution in [0.5, 0.6) is 0 Å². The molecule has 0 aromatic heterocycles. The number of benzene rings is 1. The standard InChI is InChI=1S/C10H8ClF6NO.ClH/c11-6-2-4(1-5(3-6)9(12,13)14)7(18)8(19)10(15,16)17;/h1-3,7-8,19H,18H2;1H/t7-,8-;/m0./s1. The second kappa shape index (κ2) is 6.38. The molecule has 10 heteroatoms. The Morgan fingerprint density at radius 2 is 1.55 bits per heavy atom. The van der Waals surface area contributed by atoms with E-state index in [1.165, 1.54) is 0 Å². The van der Waals surface area contributed by atoms with Gasteiger partial charge in [-0.2, -0.15) is 26.3 Å². The van der Waals surface area contributed by atoms with E-state index in [1.807, 2.05) is 0 Å². The second-order valence-corrected chi connectivity index (χ2v) is 4.22. The highest BCUT2D eigenvalue weighted by Gasteiger charge is 2.43. The van der Waals surface area contributed by atoms with Gasteiger partial charge in [0.1, 0.15) is 0 Å². The lowest BCUT2D eigenvalue weighted by atomic mass is 9.99. The number of rotatable bonds is 2. The summed E-state index contributed by atoms with van der Waals surface area (Å²) in [4.78, 5) is 0. The first kappa shape index (κ1) is 19.3. The van der Waals surface area contributed by atoms with Crippen molar-refractivity contribution < 1.29 is 31.4 Å². The first-order valence-corrected chi connectivity index (χ1v) is 5.19. The molecule has 0 fully saturated rings. The van der Waals surface area contributed by atoms with Crippen LogP contribution in [0.1, 0.15) is 17.2 Å². The van der Waals surface area contributed by atoms with Crippen molar-refractivity contribution in [2.75, 3.05) is 0 Å². The van der Waals surface area contributed by atoms with Crippen molar-refractivity contribution in [3.8, 4) is 0 Å². The smallest absolute Gasteiger partial charge is 0.382 e. The maximum absolute atomic E-state index is 12.5. The molecule has 0 amide bonds. The average molecular weight is 344 g/mol. The lowest BCUT2D eigenvalue weighted by Crippen LogP contribution is -2.38. The van der Waals surface area contributed by atoms with Crippen LogP contribution in [-0.2, 0) is 6.18 Å². The van der Waals surface area contributed by atoms with Gasteiger partial charge < -0.3 is 10.8 Å². The molecule has 1 rings (SSSR count). The number of hydrogen-bond acceptors (Lipinski definition) is 2. The highest BCUT2D eigenvalue weighted by atomic mass is 35.5. The number of hydrogen-bond donors (Lipinski definition) is 2. The monoisotopic (exact) mass is 343 g/mol. The molecule has 2 atom stereocenters. The summed E-state index contributed by atoms with van der Waals surface area (Å²) >= 11 is 5.40. The Morgan fingerprint density at radius 1 is 1.05 bits per heavy atom. The van der Waals surface area contributed by atoms with E-state index in [0.717, 1.165) is 6.07 Å². The third-order valence-electron chi connectivity index (χ3n) is 2.31. The molecule has 0 aliphatic rings. The van der Waals surface area contributed by atoms with Crippen molar-refractivity contribution in [1.29, 1.82) is 0 Å². The molecule has 0 spiro atoms. The van der Waals surface area contributed by atoms with Crippen molar-refractivity contribution in [2.45, 2.75) is 24.5 Å². The molecule has 0 saturated heterocycles. The molecule has 0 radical (unpaired) electrons. The van der Waals surface area contributed by atoms with Gasteiger partial charge in [-0.3, -0.25) is 0 Å². The molecule has 1 aromatic carbocycles. The summed E-state index contributed by atoms with van der Waals surface area (Å²) in [6.07, 6.45) is -12.8. The fourth-order valence-corrected chi connectivity index (χ4v) is 1.60. The Balaban J connectivity index is 0.00000361. The SMILES string of the molecule is Cl.N[C@@H](c1cc(Cl)cc(C(F)(F)F)c1)[C@H](O)C(F)(F)F. The molecular formula is C10H9Cl2F6NO. The molecule has 0 heterocycles. The maximum atomic E-state index is 12.5. The minimum absolute atomic E-state index is 0. The van der Waals surface area contributed by atoms with Crippen molar-refractivity contribution in [3.63, 3.8) is 0 Å². The van der Waals surface area contributed by atoms with Crippen LogP contribution in [0.2, 0.25) is 5.02 Å². The summed E-state index contributed by atoms with van der Waals surface area (Å²) < 4.78 is 74.1. The normalized spacial score (nSPS) is 15.4. The van der Waals surface area contributed by atoms with E-state index in [-0.39, 0.29) is 12.4 Å². The van der Waals surface area contributed by atoms with Crippen LogP contribution in [0, 0.1) is 0 Å². The predicted octanol–water partition coefficient (Wildman–Crippen LogP) is 3.70. The number of alkyl halides is 6. The third kappa shape index (κ3) is 4.69. The van der Waals surface area contributed by atoms with Gasteiger partial charge in [0.15, 0.2) is 6.10 Å². The molecule has 0 bridgehead atoms. The molecule has 1 aromatic rings. The quantitative estimate of drug-likeness (QED) is 0.804. The van der Waals surface area contributed by atoms with E-state index in [1.54, 1.807) is 0 Å². The zero-order valence-corrected chi connectivity index (χ0v) is 11.0. The van der Waals surface area contributed by atoms with E-state index in [0.29, 0.717) is 12.1 Å². The Bertz CT molecular complexity index is 462. The van der Waals surface area contributed by atoms with E-state index in [9.17, 15) is 26.3 Å². The van der Waals surface area contributed by atoms with Gasteiger partial charge in [-0.05, 0) is 23.8 Å². The molecule has 3 N–H and O–H groups in total. The fraction of sp³-hybridized carbons (Fsp3) is 0.400. The van der Waals surface area contributed by atoms with Crippen LogP contribution in [0.4, 0.5) is 26.3 Å². The Labute approximate surface area is 120 Å². The van der Waals surface area contributed by atoms with Crippen molar-refractivity contribution in [3.05, 3.63) is 34.3 Å². The lowest BCUT2D eigenvalue weighted by Gasteiger charge is -2.22. The molecule has 0 saturated carbocycles. The summed E-state index contributed by atoms with van der Waals surface area (Å²) in [6.45, 7) is 0. The summed E-state index contributed by atoms with van der Waals surface area (Å²) in [7, 11) is 0. The lowest BCUT2D eigenvalue weighted by molar-refractivity contribution is -0.210. The van der Waals surface area contributed by atoms with Crippen LogP contribution >= 0.6 is 24.0 Å². The van der Waals surface area contributed by atoms with Gasteiger partial charge in [0.25, 0.3) is 0 Å². The summed E-state index contributed by atoms with van der Waals surface area (Å²) in [5.41, 5.74) is 3.32. The van der Waals surface area contributed by atoms with Crippen LogP contribution < -0.4 is 5.73 Å². The van der Waals surface area contributed by atoms with Gasteiger partial charge in [-0.25, -0.2) is 0 Å². The fourth-order valence-electron chi connectivity index (χ4n) is 1.35. The number of halogens is 8. The Morgan fingerprint density at radius 3 is 1.95 bits per heavy atom. The van der Waals surface area contributed by atoms with Gasteiger partial charge in [-0.15, -0.1) is 12.4 Å². The first-order chi connectivity index (χ1) is 8.43. The van der Waals surface area contributed by atoms with Crippen LogP contribution in [-0.4, -0.2) is 17.4 Å². The average Bonchev–Trinajstić information content (AvgIpc) is 2.23. The topological polar surface area (TPSA) is 46.2 Å². The van der Waals surface area contributed by atoms with E-state index in [4.69, 9.17) is 22.4 Å². The van der Waals surface area contributed by atoms with Crippen LogP contribution in [0.15, 0.2) is 18.2 Å². The van der Waals surface area contributed by atoms with Gasteiger partial charge in [0.2, 0.25) is 0 Å². The summed E-state index contributed by atoms with van der Waals surface area (Å²) in [5, 5.41) is 8.50. The highest BCUT2D eigenvalue weighted by molar-refractivity contribution is 6.30. The Kier molecular flexibility index (Phi) is 6.16. The number of aliphatic hydroxyl groups is 1. The van der Waals surface area contributed by atoms with Gasteiger partial charge >= 0.3 is 12.4 Å². The second-order valence-electron chi connectivity index (χ2n) is 3.78. The van der Waals surface area contributed by atoms with Crippen molar-refractivity contribution in [1.82, 2.24) is 0 Å². The van der Waals surface area contributed by atoms with Crippen LogP contribution in [0.3, 0.4) is 0 Å². The largest absolute Gasteiger partial charge is 0.416 e. The minimum atomic E-state index is -5.04. The molecule has 2 nitrogen and oxygen atoms in total. The molecular weight excluding hydrogens is 335 g/mol. The van der Waals surface area contributed by atoms with Gasteiger partial charge in [-0.1, -0.05) is 11.6 Å². The summed E-state index contributed by atoms with van der Waals surface area (Å²) in [5.74, 6) is 0. The molecule has 0 aliphatic carbocycles. The maximum Gasteiger partial charge on any atom is 0.416 e. The Hall–Kier alpha value is -0.700. The van der Waals surface area contributed by atoms with E-state index >= 15 is 0 Å². The van der Waals surface area contributed by atoms with E-state index in [2.05, 4.69) is 0 Å². The predicted molar refractivity (Wildman–Crippen MR) is 62.7 cm³/mol. The molecule has 20 heavy (non-hydrogen) atoms. The van der Waals surface area contributed by atoms with E-state index < -0.39 is 40.6 Å². The van der Waals surface area contributed by atoms with Gasteiger partial charge in [0.05, 0.1) is 11.6 Å². The molecule has 0 aliphatic heterocycles. The minimum Gasteiger partial charge on any atom is -0.382 e. The highest BCUT2D eigenvalue weighted by Crippen LogP contribution is 2.35. The summed E-state index contributed by atoms with van der Waals surface area (Å²) in [6, 6.07) is -0.237.